The molecule has 0 atom stereocenters. The van der Waals surface area contributed by atoms with Crippen LogP contribution in [0, 0.1) is 5.82 Å². The summed E-state index contributed by atoms with van der Waals surface area (Å²) in [6, 6.07) is 5.75. The fourth-order valence-corrected chi connectivity index (χ4v) is 1.64. The van der Waals surface area contributed by atoms with Gasteiger partial charge in [-0.3, -0.25) is 0 Å². The van der Waals surface area contributed by atoms with E-state index in [2.05, 4.69) is 0 Å². The van der Waals surface area contributed by atoms with E-state index in [4.69, 9.17) is 4.74 Å². The van der Waals surface area contributed by atoms with Crippen LogP contribution < -0.4 is 4.74 Å². The summed E-state index contributed by atoms with van der Waals surface area (Å²) in [5.41, 5.74) is 0. The maximum atomic E-state index is 13.0. The number of rotatable bonds is 7. The van der Waals surface area contributed by atoms with Crippen LogP contribution in [-0.2, 0) is 0 Å². The number of halogens is 4. The Morgan fingerprint density at radius 1 is 1.24 bits per heavy atom. The third-order valence-electron chi connectivity index (χ3n) is 2.68. The van der Waals surface area contributed by atoms with Gasteiger partial charge in [0.1, 0.15) is 17.3 Å². The Kier molecular flexibility index (Phi) is 6.99. The topological polar surface area (TPSA) is 9.23 Å². The lowest BCUT2D eigenvalue weighted by Crippen LogP contribution is -2.05. The molecule has 116 valence electrons. The molecule has 0 spiro atoms. The molecule has 1 rings (SSSR count). The van der Waals surface area contributed by atoms with E-state index in [0.717, 1.165) is 0 Å². The van der Waals surface area contributed by atoms with Gasteiger partial charge in [0.25, 0.3) is 0 Å². The average molecular weight is 302 g/mol. The molecule has 1 nitrogen and oxygen atoms in total. The zero-order chi connectivity index (χ0) is 15.7. The van der Waals surface area contributed by atoms with Gasteiger partial charge in [0.05, 0.1) is 0 Å². The lowest BCUT2D eigenvalue weighted by molar-refractivity contribution is -0.135. The first-order valence-corrected chi connectivity index (χ1v) is 6.74. The van der Waals surface area contributed by atoms with E-state index in [0.29, 0.717) is 24.4 Å². The fourth-order valence-electron chi connectivity index (χ4n) is 1.64. The largest absolute Gasteiger partial charge is 0.458 e. The van der Waals surface area contributed by atoms with Crippen LogP contribution in [0.25, 0.3) is 0 Å². The highest BCUT2D eigenvalue weighted by atomic mass is 19.4. The third kappa shape index (κ3) is 8.17. The summed E-state index contributed by atoms with van der Waals surface area (Å²) >= 11 is 0. The predicted molar refractivity (Wildman–Crippen MR) is 74.4 cm³/mol. The summed E-state index contributed by atoms with van der Waals surface area (Å²) in [4.78, 5) is 0. The normalized spacial score (nSPS) is 12.9. The van der Waals surface area contributed by atoms with Gasteiger partial charge in [-0.05, 0) is 50.5 Å². The molecule has 0 radical (unpaired) electrons. The first-order valence-electron chi connectivity index (χ1n) is 6.74. The molecule has 0 aliphatic carbocycles. The molecule has 0 bridgehead atoms. The van der Waals surface area contributed by atoms with Crippen LogP contribution in [0.3, 0.4) is 0 Å². The third-order valence-corrected chi connectivity index (χ3v) is 2.68. The number of alkyl halides is 3. The second-order valence-corrected chi connectivity index (χ2v) is 4.51. The molecule has 0 aliphatic heterocycles. The van der Waals surface area contributed by atoms with Gasteiger partial charge in [0, 0.05) is 12.5 Å². The van der Waals surface area contributed by atoms with Crippen molar-refractivity contribution in [2.45, 2.75) is 38.8 Å². The van der Waals surface area contributed by atoms with Crippen LogP contribution in [0.15, 0.2) is 48.3 Å². The van der Waals surface area contributed by atoms with Crippen molar-refractivity contribution in [3.63, 3.8) is 0 Å². The summed E-state index contributed by atoms with van der Waals surface area (Å²) < 4.78 is 54.3. The molecule has 0 amide bonds. The highest BCUT2D eigenvalue weighted by Crippen LogP contribution is 2.22. The van der Waals surface area contributed by atoms with Crippen molar-refractivity contribution in [1.82, 2.24) is 0 Å². The van der Waals surface area contributed by atoms with E-state index in [9.17, 15) is 17.6 Å². The molecule has 0 aromatic heterocycles. The van der Waals surface area contributed by atoms with Crippen LogP contribution in [0.1, 0.15) is 32.6 Å². The smallest absolute Gasteiger partial charge is 0.389 e. The van der Waals surface area contributed by atoms with Crippen molar-refractivity contribution in [2.75, 3.05) is 0 Å². The quantitative estimate of drug-likeness (QED) is 0.268. The number of allylic oxidation sites excluding steroid dienone is 3. The molecule has 5 heteroatoms. The second kappa shape index (κ2) is 8.49. The molecule has 21 heavy (non-hydrogen) atoms. The van der Waals surface area contributed by atoms with Crippen LogP contribution in [0.4, 0.5) is 17.6 Å². The van der Waals surface area contributed by atoms with Gasteiger partial charge in [0.15, 0.2) is 0 Å². The number of hydrogen-bond donors (Lipinski definition) is 0. The van der Waals surface area contributed by atoms with Gasteiger partial charge >= 0.3 is 6.18 Å². The SMILES string of the molecule is CC=C(C=CCCCCC(F)(F)F)Oc1cccc(F)c1. The number of benzene rings is 1. The van der Waals surface area contributed by atoms with Crippen LogP contribution in [-0.4, -0.2) is 6.18 Å². The first kappa shape index (κ1) is 17.3. The van der Waals surface area contributed by atoms with E-state index >= 15 is 0 Å². The Morgan fingerprint density at radius 3 is 2.62 bits per heavy atom. The molecule has 0 aliphatic rings. The highest BCUT2D eigenvalue weighted by molar-refractivity contribution is 5.27. The molecule has 0 N–H and O–H groups in total. The summed E-state index contributed by atoms with van der Waals surface area (Å²) in [6.07, 6.45) is 1.42. The van der Waals surface area contributed by atoms with Gasteiger partial charge < -0.3 is 4.74 Å². The van der Waals surface area contributed by atoms with Crippen LogP contribution >= 0.6 is 0 Å². The summed E-state index contributed by atoms with van der Waals surface area (Å²) in [6.45, 7) is 1.77. The molecule has 0 unspecified atom stereocenters. The molecular formula is C16H18F4O. The van der Waals surface area contributed by atoms with E-state index in [-0.39, 0.29) is 12.2 Å². The van der Waals surface area contributed by atoms with E-state index in [1.165, 1.54) is 12.1 Å². The molecule has 0 saturated carbocycles. The molecule has 0 saturated heterocycles. The van der Waals surface area contributed by atoms with Gasteiger partial charge in [-0.1, -0.05) is 12.1 Å². The number of ether oxygens (including phenoxy) is 1. The van der Waals surface area contributed by atoms with Crippen molar-refractivity contribution in [2.24, 2.45) is 0 Å². The van der Waals surface area contributed by atoms with E-state index < -0.39 is 12.6 Å². The molecule has 0 fully saturated rings. The zero-order valence-corrected chi connectivity index (χ0v) is 11.8. The minimum Gasteiger partial charge on any atom is -0.458 e. The van der Waals surface area contributed by atoms with Crippen molar-refractivity contribution in [3.8, 4) is 5.75 Å². The van der Waals surface area contributed by atoms with Crippen molar-refractivity contribution in [1.29, 1.82) is 0 Å². The van der Waals surface area contributed by atoms with Crippen LogP contribution in [0.5, 0.6) is 5.75 Å². The second-order valence-electron chi connectivity index (χ2n) is 4.51. The Balaban J connectivity index is 2.36. The lowest BCUT2D eigenvalue weighted by Gasteiger charge is -2.06. The molecule has 1 aromatic carbocycles. The molecular weight excluding hydrogens is 284 g/mol. The fraction of sp³-hybridized carbons (Fsp3) is 0.375. The predicted octanol–water partition coefficient (Wildman–Crippen LogP) is 5.79. The van der Waals surface area contributed by atoms with Crippen molar-refractivity contribution in [3.05, 3.63) is 54.1 Å². The maximum Gasteiger partial charge on any atom is 0.389 e. The minimum absolute atomic E-state index is 0.115. The number of unbranched alkanes of at least 4 members (excludes halogenated alkanes) is 2. The monoisotopic (exact) mass is 302 g/mol. The first-order chi connectivity index (χ1) is 9.90. The summed E-state index contributed by atoms with van der Waals surface area (Å²) in [5, 5.41) is 0. The zero-order valence-electron chi connectivity index (χ0n) is 11.8. The molecule has 0 heterocycles. The van der Waals surface area contributed by atoms with E-state index in [1.54, 1.807) is 37.3 Å². The van der Waals surface area contributed by atoms with Gasteiger partial charge in [-0.15, -0.1) is 0 Å². The summed E-state index contributed by atoms with van der Waals surface area (Å²) in [7, 11) is 0. The molecule has 1 aromatic rings. The van der Waals surface area contributed by atoms with E-state index in [1.807, 2.05) is 0 Å². The summed E-state index contributed by atoms with van der Waals surface area (Å²) in [5.74, 6) is 0.514. The minimum atomic E-state index is -4.08. The average Bonchev–Trinajstić information content (AvgIpc) is 2.40. The maximum absolute atomic E-state index is 13.0. The Bertz CT molecular complexity index is 489. The lowest BCUT2D eigenvalue weighted by atomic mass is 10.2. The van der Waals surface area contributed by atoms with Crippen molar-refractivity contribution < 1.29 is 22.3 Å². The standard InChI is InChI=1S/C16H18F4O/c1-2-14(21-15-10-7-8-13(17)12-15)9-5-3-4-6-11-16(18,19)20/h2,5,7-10,12H,3-4,6,11H2,1H3. The Hall–Kier alpha value is -1.78. The van der Waals surface area contributed by atoms with Crippen molar-refractivity contribution >= 4 is 0 Å². The van der Waals surface area contributed by atoms with Gasteiger partial charge in [-0.2, -0.15) is 13.2 Å². The Morgan fingerprint density at radius 2 is 2.00 bits per heavy atom. The Labute approximate surface area is 121 Å². The highest BCUT2D eigenvalue weighted by Gasteiger charge is 2.25. The van der Waals surface area contributed by atoms with Gasteiger partial charge in [-0.25, -0.2) is 4.39 Å². The van der Waals surface area contributed by atoms with Gasteiger partial charge in [0.2, 0.25) is 0 Å². The van der Waals surface area contributed by atoms with Crippen LogP contribution in [0.2, 0.25) is 0 Å². The number of hydrogen-bond acceptors (Lipinski definition) is 1.